The topological polar surface area (TPSA) is 17.1 Å². The number of benzene rings is 3. The summed E-state index contributed by atoms with van der Waals surface area (Å²) < 4.78 is 0. The number of halogens is 3. The first-order chi connectivity index (χ1) is 12.1. The van der Waals surface area contributed by atoms with Crippen LogP contribution in [0.3, 0.4) is 0 Å². The summed E-state index contributed by atoms with van der Waals surface area (Å²) in [5.41, 5.74) is 3.45. The SMILES string of the molecule is O=C(c1ccc(-c2ccccc2)cc1)[C@@H](Cl)[C@H](Cl)c1ccc(Cl)cc1. The van der Waals surface area contributed by atoms with Gasteiger partial charge in [-0.2, -0.15) is 0 Å². The van der Waals surface area contributed by atoms with Crippen LogP contribution in [0.25, 0.3) is 11.1 Å². The Bertz CT molecular complexity index is 843. The van der Waals surface area contributed by atoms with E-state index in [0.717, 1.165) is 16.7 Å². The highest BCUT2D eigenvalue weighted by molar-refractivity contribution is 6.39. The van der Waals surface area contributed by atoms with E-state index < -0.39 is 10.8 Å². The van der Waals surface area contributed by atoms with Gasteiger partial charge in [-0.25, -0.2) is 0 Å². The molecule has 0 aromatic heterocycles. The van der Waals surface area contributed by atoms with Crippen molar-refractivity contribution in [2.75, 3.05) is 0 Å². The Balaban J connectivity index is 1.77. The van der Waals surface area contributed by atoms with Gasteiger partial charge in [0.25, 0.3) is 0 Å². The van der Waals surface area contributed by atoms with E-state index in [0.29, 0.717) is 10.6 Å². The number of carbonyl (C=O) groups is 1. The number of hydrogen-bond donors (Lipinski definition) is 0. The van der Waals surface area contributed by atoms with Gasteiger partial charge in [-0.15, -0.1) is 23.2 Å². The highest BCUT2D eigenvalue weighted by Gasteiger charge is 2.26. The molecule has 0 heterocycles. The first kappa shape index (κ1) is 18.0. The maximum atomic E-state index is 12.6. The largest absolute Gasteiger partial charge is 0.292 e. The molecule has 25 heavy (non-hydrogen) atoms. The predicted molar refractivity (Wildman–Crippen MR) is 106 cm³/mol. The van der Waals surface area contributed by atoms with Gasteiger partial charge in [0.2, 0.25) is 0 Å². The first-order valence-electron chi connectivity index (χ1n) is 7.79. The average molecular weight is 390 g/mol. The van der Waals surface area contributed by atoms with Gasteiger partial charge in [0.15, 0.2) is 5.78 Å². The monoisotopic (exact) mass is 388 g/mol. The van der Waals surface area contributed by atoms with Crippen molar-refractivity contribution in [2.45, 2.75) is 10.8 Å². The van der Waals surface area contributed by atoms with Gasteiger partial charge < -0.3 is 0 Å². The Labute approximate surface area is 162 Å². The van der Waals surface area contributed by atoms with E-state index in [1.807, 2.05) is 42.5 Å². The molecule has 0 amide bonds. The summed E-state index contributed by atoms with van der Waals surface area (Å²) in [5, 5.41) is -0.868. The average Bonchev–Trinajstić information content (AvgIpc) is 2.67. The lowest BCUT2D eigenvalue weighted by molar-refractivity contribution is 0.0985. The van der Waals surface area contributed by atoms with E-state index in [-0.39, 0.29) is 5.78 Å². The number of carbonyl (C=O) groups excluding carboxylic acids is 1. The molecule has 0 aliphatic rings. The third-order valence-corrected chi connectivity index (χ3v) is 5.31. The number of alkyl halides is 2. The van der Waals surface area contributed by atoms with E-state index in [1.54, 1.807) is 36.4 Å². The molecular formula is C21H15Cl3O. The van der Waals surface area contributed by atoms with Crippen molar-refractivity contribution in [3.8, 4) is 11.1 Å². The van der Waals surface area contributed by atoms with Gasteiger partial charge in [-0.1, -0.05) is 78.3 Å². The van der Waals surface area contributed by atoms with E-state index in [2.05, 4.69) is 0 Å². The highest BCUT2D eigenvalue weighted by atomic mass is 35.5. The van der Waals surface area contributed by atoms with Crippen molar-refractivity contribution in [3.63, 3.8) is 0 Å². The molecule has 3 aromatic rings. The third kappa shape index (κ3) is 4.24. The molecule has 0 saturated carbocycles. The van der Waals surface area contributed by atoms with Crippen molar-refractivity contribution < 1.29 is 4.79 Å². The van der Waals surface area contributed by atoms with Crippen molar-refractivity contribution >= 4 is 40.6 Å². The van der Waals surface area contributed by atoms with Gasteiger partial charge in [-0.05, 0) is 28.8 Å². The second-order valence-corrected chi connectivity index (χ2v) is 7.04. The van der Waals surface area contributed by atoms with Crippen molar-refractivity contribution in [1.82, 2.24) is 0 Å². The smallest absolute Gasteiger partial charge is 0.182 e. The van der Waals surface area contributed by atoms with Crippen LogP contribution in [0.2, 0.25) is 5.02 Å². The van der Waals surface area contributed by atoms with Crippen LogP contribution in [-0.2, 0) is 0 Å². The van der Waals surface area contributed by atoms with Gasteiger partial charge in [0.1, 0.15) is 5.38 Å². The number of hydrogen-bond acceptors (Lipinski definition) is 1. The highest BCUT2D eigenvalue weighted by Crippen LogP contribution is 2.31. The molecule has 3 aromatic carbocycles. The third-order valence-electron chi connectivity index (χ3n) is 3.97. The van der Waals surface area contributed by atoms with Crippen LogP contribution in [0.5, 0.6) is 0 Å². The van der Waals surface area contributed by atoms with E-state index in [9.17, 15) is 4.79 Å². The van der Waals surface area contributed by atoms with Crippen molar-refractivity contribution in [3.05, 3.63) is 95.0 Å². The molecule has 126 valence electrons. The minimum Gasteiger partial charge on any atom is -0.292 e. The molecule has 2 atom stereocenters. The molecule has 0 bridgehead atoms. The minimum absolute atomic E-state index is 0.198. The molecule has 0 aliphatic heterocycles. The minimum atomic E-state index is -0.856. The van der Waals surface area contributed by atoms with Crippen LogP contribution in [-0.4, -0.2) is 11.2 Å². The summed E-state index contributed by atoms with van der Waals surface area (Å²) in [7, 11) is 0. The predicted octanol–water partition coefficient (Wildman–Crippen LogP) is 6.78. The Kier molecular flexibility index (Phi) is 5.80. The van der Waals surface area contributed by atoms with E-state index in [4.69, 9.17) is 34.8 Å². The fourth-order valence-electron chi connectivity index (χ4n) is 2.57. The van der Waals surface area contributed by atoms with Gasteiger partial charge >= 0.3 is 0 Å². The van der Waals surface area contributed by atoms with Crippen LogP contribution in [0, 0.1) is 0 Å². The van der Waals surface area contributed by atoms with Crippen LogP contribution < -0.4 is 0 Å². The molecular weight excluding hydrogens is 375 g/mol. The maximum Gasteiger partial charge on any atom is 0.182 e. The normalized spacial score (nSPS) is 13.2. The Morgan fingerprint density at radius 1 is 0.720 bits per heavy atom. The maximum absolute atomic E-state index is 12.6. The molecule has 0 saturated heterocycles. The van der Waals surface area contributed by atoms with Crippen LogP contribution >= 0.6 is 34.8 Å². The number of ketones is 1. The van der Waals surface area contributed by atoms with Crippen molar-refractivity contribution in [1.29, 1.82) is 0 Å². The molecule has 4 heteroatoms. The lowest BCUT2D eigenvalue weighted by Gasteiger charge is -2.16. The molecule has 0 spiro atoms. The standard InChI is InChI=1S/C21H15Cl3O/c22-18-12-10-16(11-13-18)19(23)20(24)21(25)17-8-6-15(7-9-17)14-4-2-1-3-5-14/h1-13,19-20H/t19-,20+/m1/s1. The molecule has 0 radical (unpaired) electrons. The Morgan fingerprint density at radius 2 is 1.28 bits per heavy atom. The molecule has 3 rings (SSSR count). The van der Waals surface area contributed by atoms with Gasteiger partial charge in [-0.3, -0.25) is 4.79 Å². The fourth-order valence-corrected chi connectivity index (χ4v) is 3.22. The van der Waals surface area contributed by atoms with E-state index in [1.165, 1.54) is 0 Å². The summed E-state index contributed by atoms with van der Waals surface area (Å²) in [5.74, 6) is -0.198. The Morgan fingerprint density at radius 3 is 1.88 bits per heavy atom. The number of rotatable bonds is 5. The lowest BCUT2D eigenvalue weighted by Crippen LogP contribution is -2.20. The molecule has 0 aliphatic carbocycles. The second-order valence-electron chi connectivity index (χ2n) is 5.66. The Hall–Kier alpha value is -1.80. The zero-order valence-electron chi connectivity index (χ0n) is 13.2. The molecule has 1 nitrogen and oxygen atoms in total. The summed E-state index contributed by atoms with van der Waals surface area (Å²) in [6.07, 6.45) is 0. The molecule has 0 unspecified atom stereocenters. The van der Waals surface area contributed by atoms with E-state index >= 15 is 0 Å². The quantitative estimate of drug-likeness (QED) is 0.347. The van der Waals surface area contributed by atoms with Gasteiger partial charge in [0, 0.05) is 10.6 Å². The zero-order chi connectivity index (χ0) is 17.8. The van der Waals surface area contributed by atoms with Gasteiger partial charge in [0.05, 0.1) is 5.38 Å². The number of Topliss-reactive ketones (excluding diaryl/α,β-unsaturated/α-hetero) is 1. The summed E-state index contributed by atoms with van der Waals surface area (Å²) >= 11 is 18.6. The van der Waals surface area contributed by atoms with Crippen LogP contribution in [0.15, 0.2) is 78.9 Å². The summed E-state index contributed by atoms with van der Waals surface area (Å²) in [4.78, 5) is 12.6. The van der Waals surface area contributed by atoms with Crippen molar-refractivity contribution in [2.24, 2.45) is 0 Å². The molecule has 0 fully saturated rings. The molecule has 0 N–H and O–H groups in total. The van der Waals surface area contributed by atoms with Crippen LogP contribution in [0.1, 0.15) is 21.3 Å². The fraction of sp³-hybridized carbons (Fsp3) is 0.0952. The zero-order valence-corrected chi connectivity index (χ0v) is 15.5. The summed E-state index contributed by atoms with van der Waals surface area (Å²) in [6.45, 7) is 0. The lowest BCUT2D eigenvalue weighted by atomic mass is 9.99. The second kappa shape index (κ2) is 8.05. The summed E-state index contributed by atoms with van der Waals surface area (Å²) in [6, 6.07) is 24.4. The first-order valence-corrected chi connectivity index (χ1v) is 9.04. The van der Waals surface area contributed by atoms with Crippen LogP contribution in [0.4, 0.5) is 0 Å².